The van der Waals surface area contributed by atoms with Gasteiger partial charge in [-0.05, 0) is 18.6 Å². The number of nitrogens with zero attached hydrogens (tertiary/aromatic N) is 2. The van der Waals surface area contributed by atoms with Crippen LogP contribution in [0.3, 0.4) is 0 Å². The third-order valence-electron chi connectivity index (χ3n) is 3.37. The second kappa shape index (κ2) is 5.78. The lowest BCUT2D eigenvalue weighted by molar-refractivity contribution is -0.384. The molecule has 1 aromatic carbocycles. The van der Waals surface area contributed by atoms with Crippen molar-refractivity contribution in [2.75, 3.05) is 30.8 Å². The fourth-order valence-corrected chi connectivity index (χ4v) is 2.04. The number of hydrogen-bond acceptors (Lipinski definition) is 5. The summed E-state index contributed by atoms with van der Waals surface area (Å²) in [6, 6.07) is 2.86. The first kappa shape index (κ1) is 14.8. The Morgan fingerprint density at radius 3 is 2.86 bits per heavy atom. The topological polar surface area (TPSA) is 105 Å². The third-order valence-corrected chi connectivity index (χ3v) is 3.37. The average molecular weight is 292 g/mol. The number of amides is 2. The van der Waals surface area contributed by atoms with Crippen molar-refractivity contribution in [3.63, 3.8) is 0 Å². The van der Waals surface area contributed by atoms with Gasteiger partial charge in [-0.3, -0.25) is 19.7 Å². The first-order valence-electron chi connectivity index (χ1n) is 6.51. The Morgan fingerprint density at radius 2 is 2.24 bits per heavy atom. The zero-order valence-electron chi connectivity index (χ0n) is 11.8. The summed E-state index contributed by atoms with van der Waals surface area (Å²) in [6.45, 7) is 2.35. The molecule has 0 bridgehead atoms. The smallest absolute Gasteiger partial charge is 0.292 e. The molecule has 2 N–H and O–H groups in total. The molecule has 1 aliphatic rings. The molecule has 0 fully saturated rings. The number of benzene rings is 1. The number of fused-ring (bicyclic) bond motifs is 1. The molecule has 8 nitrogen and oxygen atoms in total. The largest absolute Gasteiger partial charge is 0.370 e. The SMILES string of the molecule is CCN(C)C(=O)CNc1cc2c(cc1[N+](=O)[O-])CC(=O)N2. The maximum Gasteiger partial charge on any atom is 0.292 e. The highest BCUT2D eigenvalue weighted by Crippen LogP contribution is 2.34. The van der Waals surface area contributed by atoms with Crippen molar-refractivity contribution >= 4 is 28.9 Å². The van der Waals surface area contributed by atoms with Crippen LogP contribution in [0.25, 0.3) is 0 Å². The normalized spacial score (nSPS) is 12.6. The number of carbonyl (C=O) groups is 2. The summed E-state index contributed by atoms with van der Waals surface area (Å²) in [6.07, 6.45) is 0.133. The van der Waals surface area contributed by atoms with Gasteiger partial charge in [0.2, 0.25) is 11.8 Å². The molecule has 0 radical (unpaired) electrons. The monoisotopic (exact) mass is 292 g/mol. The van der Waals surface area contributed by atoms with Gasteiger partial charge in [0.15, 0.2) is 0 Å². The molecular formula is C13H16N4O4. The van der Waals surface area contributed by atoms with Gasteiger partial charge in [0, 0.05) is 25.3 Å². The van der Waals surface area contributed by atoms with Gasteiger partial charge in [0.1, 0.15) is 5.69 Å². The number of carbonyl (C=O) groups excluding carboxylic acids is 2. The van der Waals surface area contributed by atoms with Gasteiger partial charge in [0.05, 0.1) is 17.9 Å². The number of hydrogen-bond donors (Lipinski definition) is 2. The van der Waals surface area contributed by atoms with Crippen LogP contribution < -0.4 is 10.6 Å². The van der Waals surface area contributed by atoms with E-state index in [1.54, 1.807) is 7.05 Å². The summed E-state index contributed by atoms with van der Waals surface area (Å²) >= 11 is 0. The molecule has 2 amide bonds. The number of nitrogens with one attached hydrogen (secondary N) is 2. The lowest BCUT2D eigenvalue weighted by Crippen LogP contribution is -2.32. The molecule has 0 atom stereocenters. The van der Waals surface area contributed by atoms with Crippen molar-refractivity contribution in [2.45, 2.75) is 13.3 Å². The fourth-order valence-electron chi connectivity index (χ4n) is 2.04. The van der Waals surface area contributed by atoms with E-state index >= 15 is 0 Å². The molecule has 8 heteroatoms. The van der Waals surface area contributed by atoms with Crippen molar-refractivity contribution in [2.24, 2.45) is 0 Å². The van der Waals surface area contributed by atoms with Crippen LogP contribution >= 0.6 is 0 Å². The molecule has 0 saturated heterocycles. The Bertz CT molecular complexity index is 614. The van der Waals surface area contributed by atoms with Gasteiger partial charge in [0.25, 0.3) is 5.69 Å². The van der Waals surface area contributed by atoms with E-state index in [-0.39, 0.29) is 36.2 Å². The van der Waals surface area contributed by atoms with Crippen LogP contribution in [0.15, 0.2) is 12.1 Å². The standard InChI is InChI=1S/C13H16N4O4/c1-3-16(2)13(19)7-14-10-6-9-8(5-12(18)15-9)4-11(10)17(20)21/h4,6,14H,3,5,7H2,1-2H3,(H,15,18). The van der Waals surface area contributed by atoms with Crippen molar-refractivity contribution in [3.05, 3.63) is 27.8 Å². The number of anilines is 2. The van der Waals surface area contributed by atoms with Crippen LogP contribution in [-0.4, -0.2) is 41.8 Å². The summed E-state index contributed by atoms with van der Waals surface area (Å²) < 4.78 is 0. The highest BCUT2D eigenvalue weighted by atomic mass is 16.6. The van der Waals surface area contributed by atoms with E-state index in [1.165, 1.54) is 17.0 Å². The minimum atomic E-state index is -0.528. The van der Waals surface area contributed by atoms with E-state index in [2.05, 4.69) is 10.6 Å². The second-order valence-electron chi connectivity index (χ2n) is 4.77. The molecule has 112 valence electrons. The fraction of sp³-hybridized carbons (Fsp3) is 0.385. The van der Waals surface area contributed by atoms with E-state index in [0.717, 1.165) is 0 Å². The molecule has 2 rings (SSSR count). The summed E-state index contributed by atoms with van der Waals surface area (Å²) in [5, 5.41) is 16.5. The lowest BCUT2D eigenvalue weighted by atomic mass is 10.1. The second-order valence-corrected chi connectivity index (χ2v) is 4.77. The number of nitro groups is 1. The summed E-state index contributed by atoms with van der Waals surface area (Å²) in [5.74, 6) is -0.366. The number of nitro benzene ring substituents is 1. The predicted molar refractivity (Wildman–Crippen MR) is 77.2 cm³/mol. The van der Waals surface area contributed by atoms with Crippen LogP contribution in [0.4, 0.5) is 17.1 Å². The van der Waals surface area contributed by atoms with Gasteiger partial charge >= 0.3 is 0 Å². The van der Waals surface area contributed by atoms with Gasteiger partial charge < -0.3 is 15.5 Å². The predicted octanol–water partition coefficient (Wildman–Crippen LogP) is 0.980. The molecule has 0 unspecified atom stereocenters. The van der Waals surface area contributed by atoms with Crippen molar-refractivity contribution in [1.29, 1.82) is 0 Å². The minimum Gasteiger partial charge on any atom is -0.370 e. The Balaban J connectivity index is 2.22. The van der Waals surface area contributed by atoms with E-state index in [1.807, 2.05) is 6.92 Å². The molecule has 1 aromatic rings. The average Bonchev–Trinajstić information content (AvgIpc) is 2.81. The van der Waals surface area contributed by atoms with E-state index < -0.39 is 4.92 Å². The molecule has 1 heterocycles. The molecule has 0 aromatic heterocycles. The molecule has 0 spiro atoms. The van der Waals surface area contributed by atoms with Gasteiger partial charge in [-0.15, -0.1) is 0 Å². The van der Waals surface area contributed by atoms with E-state index in [0.29, 0.717) is 17.8 Å². The zero-order valence-corrected chi connectivity index (χ0v) is 11.8. The molecule has 21 heavy (non-hydrogen) atoms. The van der Waals surface area contributed by atoms with Crippen LogP contribution in [0.5, 0.6) is 0 Å². The molecular weight excluding hydrogens is 276 g/mol. The highest BCUT2D eigenvalue weighted by molar-refractivity contribution is 6.00. The van der Waals surface area contributed by atoms with Crippen LogP contribution in [0.2, 0.25) is 0 Å². The molecule has 0 saturated carbocycles. The van der Waals surface area contributed by atoms with Gasteiger partial charge in [-0.1, -0.05) is 0 Å². The van der Waals surface area contributed by atoms with Gasteiger partial charge in [-0.25, -0.2) is 0 Å². The highest BCUT2D eigenvalue weighted by Gasteiger charge is 2.24. The Hall–Kier alpha value is -2.64. The Labute approximate surface area is 121 Å². The first-order chi connectivity index (χ1) is 9.92. The third kappa shape index (κ3) is 3.10. The van der Waals surface area contributed by atoms with Crippen molar-refractivity contribution in [3.8, 4) is 0 Å². The molecule has 0 aliphatic carbocycles. The van der Waals surface area contributed by atoms with Crippen molar-refractivity contribution < 1.29 is 14.5 Å². The quantitative estimate of drug-likeness (QED) is 0.621. The maximum absolute atomic E-state index is 11.7. The summed E-state index contributed by atoms with van der Waals surface area (Å²) in [4.78, 5) is 35.1. The summed E-state index contributed by atoms with van der Waals surface area (Å²) in [7, 11) is 1.65. The molecule has 1 aliphatic heterocycles. The number of rotatable bonds is 5. The Kier molecular flexibility index (Phi) is 4.06. The van der Waals surface area contributed by atoms with Crippen molar-refractivity contribution in [1.82, 2.24) is 4.90 Å². The van der Waals surface area contributed by atoms with Crippen LogP contribution in [0.1, 0.15) is 12.5 Å². The zero-order chi connectivity index (χ0) is 15.6. The first-order valence-corrected chi connectivity index (χ1v) is 6.51. The van der Waals surface area contributed by atoms with Gasteiger partial charge in [-0.2, -0.15) is 0 Å². The van der Waals surface area contributed by atoms with E-state index in [4.69, 9.17) is 0 Å². The van der Waals surface area contributed by atoms with E-state index in [9.17, 15) is 19.7 Å². The maximum atomic E-state index is 11.7. The van der Waals surface area contributed by atoms with Crippen LogP contribution in [-0.2, 0) is 16.0 Å². The number of likely N-dealkylation sites (N-methyl/N-ethyl adjacent to an activating group) is 1. The summed E-state index contributed by atoms with van der Waals surface area (Å²) in [5.41, 5.74) is 1.22. The Morgan fingerprint density at radius 1 is 1.52 bits per heavy atom. The lowest BCUT2D eigenvalue weighted by Gasteiger charge is -2.15. The minimum absolute atomic E-state index is 0.0437. The van der Waals surface area contributed by atoms with Crippen LogP contribution in [0, 0.1) is 10.1 Å².